The van der Waals surface area contributed by atoms with Gasteiger partial charge in [-0.25, -0.2) is 8.42 Å². The summed E-state index contributed by atoms with van der Waals surface area (Å²) in [5.74, 6) is -0.740. The zero-order chi connectivity index (χ0) is 25.6. The van der Waals surface area contributed by atoms with Crippen LogP contribution in [0.2, 0.25) is 0 Å². The van der Waals surface area contributed by atoms with E-state index in [0.717, 1.165) is 31.5 Å². The van der Waals surface area contributed by atoms with Crippen molar-refractivity contribution in [3.8, 4) is 0 Å². The number of nitrogens with one attached hydrogen (secondary N) is 1. The average Bonchev–Trinajstić information content (AvgIpc) is 2.85. The van der Waals surface area contributed by atoms with Gasteiger partial charge in [-0.05, 0) is 53.9 Å². The SMILES string of the molecule is CCCNC(=O)C(C)N(Cc1ccc(Br)cc1)C(=O)CN(C)S(=O)(=O)c1ccc2ccccc2c1. The van der Waals surface area contributed by atoms with Crippen molar-refractivity contribution in [1.82, 2.24) is 14.5 Å². The van der Waals surface area contributed by atoms with Crippen molar-refractivity contribution >= 4 is 48.5 Å². The summed E-state index contributed by atoms with van der Waals surface area (Å²) in [6.07, 6.45) is 0.770. The van der Waals surface area contributed by atoms with Crippen LogP contribution >= 0.6 is 15.9 Å². The van der Waals surface area contributed by atoms with Crippen molar-refractivity contribution in [2.75, 3.05) is 20.1 Å². The minimum absolute atomic E-state index is 0.111. The van der Waals surface area contributed by atoms with Crippen molar-refractivity contribution < 1.29 is 18.0 Å². The van der Waals surface area contributed by atoms with Crippen LogP contribution in [0.5, 0.6) is 0 Å². The van der Waals surface area contributed by atoms with Gasteiger partial charge in [0.1, 0.15) is 6.04 Å². The van der Waals surface area contributed by atoms with Crippen molar-refractivity contribution in [3.05, 3.63) is 76.8 Å². The van der Waals surface area contributed by atoms with Crippen LogP contribution in [0.4, 0.5) is 0 Å². The smallest absolute Gasteiger partial charge is 0.243 e. The molecule has 35 heavy (non-hydrogen) atoms. The maximum absolute atomic E-state index is 13.4. The molecule has 9 heteroatoms. The van der Waals surface area contributed by atoms with Gasteiger partial charge in [-0.3, -0.25) is 9.59 Å². The molecule has 7 nitrogen and oxygen atoms in total. The predicted molar refractivity (Wildman–Crippen MR) is 141 cm³/mol. The molecular formula is C26H30BrN3O4S. The maximum Gasteiger partial charge on any atom is 0.243 e. The number of carbonyl (C=O) groups excluding carboxylic acids is 2. The molecule has 0 saturated heterocycles. The van der Waals surface area contributed by atoms with Gasteiger partial charge in [0.05, 0.1) is 11.4 Å². The number of amides is 2. The van der Waals surface area contributed by atoms with E-state index in [2.05, 4.69) is 21.2 Å². The molecule has 0 heterocycles. The number of halogens is 1. The van der Waals surface area contributed by atoms with Crippen LogP contribution in [-0.4, -0.2) is 55.6 Å². The number of hydrogen-bond acceptors (Lipinski definition) is 4. The molecule has 186 valence electrons. The van der Waals surface area contributed by atoms with Crippen LogP contribution < -0.4 is 5.32 Å². The van der Waals surface area contributed by atoms with Crippen molar-refractivity contribution in [2.45, 2.75) is 37.8 Å². The highest BCUT2D eigenvalue weighted by atomic mass is 79.9. The summed E-state index contributed by atoms with van der Waals surface area (Å²) in [6.45, 7) is 3.88. The Labute approximate surface area is 215 Å². The van der Waals surface area contributed by atoms with E-state index in [1.54, 1.807) is 25.1 Å². The van der Waals surface area contributed by atoms with Crippen molar-refractivity contribution in [1.29, 1.82) is 0 Å². The average molecular weight is 561 g/mol. The highest BCUT2D eigenvalue weighted by Crippen LogP contribution is 2.22. The number of fused-ring (bicyclic) bond motifs is 1. The topological polar surface area (TPSA) is 86.8 Å². The molecule has 2 amide bonds. The summed E-state index contributed by atoms with van der Waals surface area (Å²) in [4.78, 5) is 27.6. The summed E-state index contributed by atoms with van der Waals surface area (Å²) in [5.41, 5.74) is 0.830. The van der Waals surface area contributed by atoms with Crippen LogP contribution in [0.15, 0.2) is 76.1 Å². The highest BCUT2D eigenvalue weighted by molar-refractivity contribution is 9.10. The zero-order valence-corrected chi connectivity index (χ0v) is 22.5. The first kappa shape index (κ1) is 26.8. The van der Waals surface area contributed by atoms with Crippen LogP contribution in [0.1, 0.15) is 25.8 Å². The second-order valence-corrected chi connectivity index (χ2v) is 11.3. The Hall–Kier alpha value is -2.75. The van der Waals surface area contributed by atoms with Gasteiger partial charge in [0.25, 0.3) is 0 Å². The molecule has 3 aromatic carbocycles. The Morgan fingerprint density at radius 1 is 1.00 bits per heavy atom. The van der Waals surface area contributed by atoms with E-state index in [1.165, 1.54) is 11.9 Å². The molecule has 0 aliphatic rings. The van der Waals surface area contributed by atoms with Gasteiger partial charge in [0.2, 0.25) is 21.8 Å². The molecule has 3 rings (SSSR count). The molecule has 3 aromatic rings. The second kappa shape index (κ2) is 11.8. The van der Waals surface area contributed by atoms with E-state index in [4.69, 9.17) is 0 Å². The van der Waals surface area contributed by atoms with Gasteiger partial charge in [0, 0.05) is 24.6 Å². The molecule has 1 atom stereocenters. The molecule has 1 N–H and O–H groups in total. The molecule has 0 fully saturated rings. The molecule has 0 radical (unpaired) electrons. The molecule has 0 spiro atoms. The number of nitrogens with zero attached hydrogens (tertiary/aromatic N) is 2. The third-order valence-corrected chi connectivity index (χ3v) is 8.10. The maximum atomic E-state index is 13.4. The zero-order valence-electron chi connectivity index (χ0n) is 20.1. The normalized spacial score (nSPS) is 12.5. The van der Waals surface area contributed by atoms with Gasteiger partial charge in [-0.15, -0.1) is 0 Å². The molecule has 0 bridgehead atoms. The van der Waals surface area contributed by atoms with E-state index < -0.39 is 28.5 Å². The minimum Gasteiger partial charge on any atom is -0.354 e. The van der Waals surface area contributed by atoms with E-state index in [9.17, 15) is 18.0 Å². The fourth-order valence-corrected chi connectivity index (χ4v) is 5.06. The molecular weight excluding hydrogens is 530 g/mol. The Kier molecular flexibility index (Phi) is 9.04. The summed E-state index contributed by atoms with van der Waals surface area (Å²) in [6, 6.07) is 19.0. The third kappa shape index (κ3) is 6.68. The van der Waals surface area contributed by atoms with Crippen LogP contribution in [0.25, 0.3) is 10.8 Å². The summed E-state index contributed by atoms with van der Waals surface area (Å²) in [7, 11) is -2.54. The fourth-order valence-electron chi connectivity index (χ4n) is 3.64. The van der Waals surface area contributed by atoms with Crippen LogP contribution in [0.3, 0.4) is 0 Å². The van der Waals surface area contributed by atoms with Crippen molar-refractivity contribution in [2.24, 2.45) is 0 Å². The van der Waals surface area contributed by atoms with Crippen LogP contribution in [0, 0.1) is 0 Å². The van der Waals surface area contributed by atoms with Gasteiger partial charge in [0.15, 0.2) is 0 Å². The van der Waals surface area contributed by atoms with E-state index in [-0.39, 0.29) is 17.3 Å². The lowest BCUT2D eigenvalue weighted by Gasteiger charge is -2.30. The molecule has 0 aliphatic heterocycles. The number of carbonyl (C=O) groups is 2. The van der Waals surface area contributed by atoms with Gasteiger partial charge >= 0.3 is 0 Å². The Morgan fingerprint density at radius 3 is 2.31 bits per heavy atom. The highest BCUT2D eigenvalue weighted by Gasteiger charge is 2.30. The Balaban J connectivity index is 1.83. The third-order valence-electron chi connectivity index (χ3n) is 5.77. The lowest BCUT2D eigenvalue weighted by atomic mass is 10.1. The first-order valence-corrected chi connectivity index (χ1v) is 13.6. The fraction of sp³-hybridized carbons (Fsp3) is 0.308. The standard InChI is InChI=1S/C26H30BrN3O4S/c1-4-15-28-26(32)19(2)30(17-20-9-12-23(27)13-10-20)25(31)18-29(3)35(33,34)24-14-11-21-7-5-6-8-22(21)16-24/h5-14,16,19H,4,15,17-18H2,1-3H3,(H,28,32). The number of benzene rings is 3. The summed E-state index contributed by atoms with van der Waals surface area (Å²) >= 11 is 3.39. The van der Waals surface area contributed by atoms with E-state index in [1.807, 2.05) is 55.5 Å². The van der Waals surface area contributed by atoms with Gasteiger partial charge in [-0.1, -0.05) is 65.3 Å². The number of rotatable bonds is 10. The monoisotopic (exact) mass is 559 g/mol. The predicted octanol–water partition coefficient (Wildman–Crippen LogP) is 4.17. The van der Waals surface area contributed by atoms with Crippen LogP contribution in [-0.2, 0) is 26.2 Å². The second-order valence-electron chi connectivity index (χ2n) is 8.39. The number of sulfonamides is 1. The molecule has 0 saturated carbocycles. The van der Waals surface area contributed by atoms with E-state index >= 15 is 0 Å². The first-order chi connectivity index (χ1) is 16.6. The quantitative estimate of drug-likeness (QED) is 0.404. The van der Waals surface area contributed by atoms with Gasteiger partial charge < -0.3 is 10.2 Å². The Morgan fingerprint density at radius 2 is 1.66 bits per heavy atom. The largest absolute Gasteiger partial charge is 0.354 e. The summed E-state index contributed by atoms with van der Waals surface area (Å²) in [5, 5.41) is 4.54. The van der Waals surface area contributed by atoms with E-state index in [0.29, 0.717) is 6.54 Å². The Bertz CT molecular complexity index is 1300. The van der Waals surface area contributed by atoms with Gasteiger partial charge in [-0.2, -0.15) is 4.31 Å². The molecule has 0 aliphatic carbocycles. The lowest BCUT2D eigenvalue weighted by Crippen LogP contribution is -2.50. The summed E-state index contributed by atoms with van der Waals surface area (Å²) < 4.78 is 28.4. The van der Waals surface area contributed by atoms with Crippen molar-refractivity contribution in [3.63, 3.8) is 0 Å². The first-order valence-electron chi connectivity index (χ1n) is 11.4. The molecule has 0 aromatic heterocycles. The number of likely N-dealkylation sites (N-methyl/N-ethyl adjacent to an activating group) is 1. The minimum atomic E-state index is -3.92. The lowest BCUT2D eigenvalue weighted by molar-refractivity contribution is -0.140. The number of hydrogen-bond donors (Lipinski definition) is 1. The molecule has 1 unspecified atom stereocenters.